The molecule has 0 aliphatic rings. The number of benzene rings is 2. The Morgan fingerprint density at radius 1 is 1.13 bits per heavy atom. The molecule has 4 rings (SSSR count). The average molecular weight is 425 g/mol. The maximum absolute atomic E-state index is 14.1. The molecule has 0 saturated carbocycles. The van der Waals surface area contributed by atoms with Crippen molar-refractivity contribution in [2.45, 2.75) is 13.5 Å². The Morgan fingerprint density at radius 3 is 2.67 bits per heavy atom. The molecule has 0 N–H and O–H groups in total. The van der Waals surface area contributed by atoms with Gasteiger partial charge >= 0.3 is 0 Å². The lowest BCUT2D eigenvalue weighted by Crippen LogP contribution is -2.34. The van der Waals surface area contributed by atoms with Crippen molar-refractivity contribution in [3.8, 4) is 5.75 Å². The highest BCUT2D eigenvalue weighted by molar-refractivity contribution is 7.22. The molecule has 152 valence electrons. The van der Waals surface area contributed by atoms with Gasteiger partial charge in [0.05, 0.1) is 16.9 Å². The smallest absolute Gasteiger partial charge is 0.267 e. The molecule has 2 aromatic carbocycles. The first-order valence-corrected chi connectivity index (χ1v) is 9.96. The van der Waals surface area contributed by atoms with Gasteiger partial charge in [-0.2, -0.15) is 0 Å². The molecule has 0 atom stereocenters. The number of halogens is 2. The molecule has 0 spiro atoms. The number of fused-ring (bicyclic) bond motifs is 1. The van der Waals surface area contributed by atoms with Crippen LogP contribution >= 0.6 is 11.3 Å². The van der Waals surface area contributed by atoms with Gasteiger partial charge in [0.2, 0.25) is 0 Å². The molecule has 0 bridgehead atoms. The predicted octanol–water partition coefficient (Wildman–Crippen LogP) is 4.89. The van der Waals surface area contributed by atoms with E-state index in [0.29, 0.717) is 16.1 Å². The summed E-state index contributed by atoms with van der Waals surface area (Å²) in [7, 11) is 0. The summed E-state index contributed by atoms with van der Waals surface area (Å²) in [6, 6.07) is 14.7. The van der Waals surface area contributed by atoms with E-state index in [4.69, 9.17) is 4.74 Å². The molecule has 5 nitrogen and oxygen atoms in total. The Balaban J connectivity index is 1.63. The highest BCUT2D eigenvalue weighted by Gasteiger charge is 2.22. The van der Waals surface area contributed by atoms with Crippen LogP contribution in [0.15, 0.2) is 60.8 Å². The Bertz CT molecular complexity index is 1180. The van der Waals surface area contributed by atoms with Crippen LogP contribution in [0.5, 0.6) is 5.75 Å². The van der Waals surface area contributed by atoms with Gasteiger partial charge in [-0.25, -0.2) is 13.8 Å². The number of pyridine rings is 1. The van der Waals surface area contributed by atoms with Gasteiger partial charge in [-0.05, 0) is 37.3 Å². The number of amides is 1. The number of hydrogen-bond acceptors (Lipinski definition) is 5. The number of ether oxygens (including phenoxy) is 1. The number of aryl methyl sites for hydroxylation is 1. The maximum Gasteiger partial charge on any atom is 0.267 e. The van der Waals surface area contributed by atoms with Crippen LogP contribution in [0.25, 0.3) is 10.2 Å². The van der Waals surface area contributed by atoms with E-state index in [0.717, 1.165) is 23.0 Å². The normalized spacial score (nSPS) is 10.9. The molecular formula is C22H17F2N3O2S. The van der Waals surface area contributed by atoms with E-state index in [1.54, 1.807) is 36.5 Å². The highest BCUT2D eigenvalue weighted by atomic mass is 32.1. The third-order valence-electron chi connectivity index (χ3n) is 4.36. The summed E-state index contributed by atoms with van der Waals surface area (Å²) in [6.07, 6.45) is 1.62. The minimum Gasteiger partial charge on any atom is -0.484 e. The molecule has 0 aliphatic carbocycles. The second-order valence-corrected chi connectivity index (χ2v) is 7.64. The van der Waals surface area contributed by atoms with Crippen molar-refractivity contribution in [2.24, 2.45) is 0 Å². The van der Waals surface area contributed by atoms with E-state index in [9.17, 15) is 13.6 Å². The lowest BCUT2D eigenvalue weighted by atomic mass is 10.2. The molecule has 0 saturated heterocycles. The third-order valence-corrected chi connectivity index (χ3v) is 5.39. The summed E-state index contributed by atoms with van der Waals surface area (Å²) in [4.78, 5) is 22.8. The summed E-state index contributed by atoms with van der Waals surface area (Å²) in [5.74, 6) is -1.28. The van der Waals surface area contributed by atoms with Crippen LogP contribution in [0.3, 0.4) is 0 Å². The minimum absolute atomic E-state index is 0.0228. The van der Waals surface area contributed by atoms with Crippen LogP contribution < -0.4 is 9.64 Å². The van der Waals surface area contributed by atoms with Crippen LogP contribution in [-0.2, 0) is 11.3 Å². The topological polar surface area (TPSA) is 55.3 Å². The number of rotatable bonds is 6. The average Bonchev–Trinajstić information content (AvgIpc) is 3.16. The number of nitrogens with zero attached hydrogens (tertiary/aromatic N) is 3. The summed E-state index contributed by atoms with van der Waals surface area (Å²) in [6.45, 7) is 1.85. The molecule has 2 heterocycles. The maximum atomic E-state index is 14.1. The zero-order valence-corrected chi connectivity index (χ0v) is 16.8. The van der Waals surface area contributed by atoms with Gasteiger partial charge < -0.3 is 4.74 Å². The van der Waals surface area contributed by atoms with Crippen molar-refractivity contribution >= 4 is 32.6 Å². The van der Waals surface area contributed by atoms with Gasteiger partial charge in [-0.1, -0.05) is 35.1 Å². The van der Waals surface area contributed by atoms with Crippen molar-refractivity contribution in [1.29, 1.82) is 0 Å². The fraction of sp³-hybridized carbons (Fsp3) is 0.136. The van der Waals surface area contributed by atoms with Crippen LogP contribution in [0, 0.1) is 18.6 Å². The summed E-state index contributed by atoms with van der Waals surface area (Å²) in [5.41, 5.74) is 1.73. The van der Waals surface area contributed by atoms with E-state index in [1.165, 1.54) is 11.0 Å². The molecule has 8 heteroatoms. The monoisotopic (exact) mass is 425 g/mol. The molecular weight excluding hydrogens is 408 g/mol. The Kier molecular flexibility index (Phi) is 5.67. The Hall–Kier alpha value is -3.39. The molecule has 0 fully saturated rings. The van der Waals surface area contributed by atoms with E-state index < -0.39 is 11.6 Å². The first-order chi connectivity index (χ1) is 14.5. The summed E-state index contributed by atoms with van der Waals surface area (Å²) in [5, 5.41) is 0.248. The standard InChI is InChI=1S/C22H17F2N3O2S/c1-14-5-7-17(8-6-14)29-13-20(28)27(12-16-4-2-3-9-25-16)22-26-21-18(24)10-15(23)11-19(21)30-22/h2-11H,12-13H2,1H3. The zero-order valence-electron chi connectivity index (χ0n) is 16.0. The SMILES string of the molecule is Cc1ccc(OCC(=O)N(Cc2ccccn2)c2nc3c(F)cc(F)cc3s2)cc1. The van der Waals surface area contributed by atoms with Gasteiger partial charge in [0.25, 0.3) is 5.91 Å². The predicted molar refractivity (Wildman–Crippen MR) is 112 cm³/mol. The van der Waals surface area contributed by atoms with Gasteiger partial charge in [0.15, 0.2) is 17.6 Å². The number of hydrogen-bond donors (Lipinski definition) is 0. The van der Waals surface area contributed by atoms with Crippen molar-refractivity contribution in [3.05, 3.63) is 83.7 Å². The van der Waals surface area contributed by atoms with Crippen molar-refractivity contribution in [1.82, 2.24) is 9.97 Å². The lowest BCUT2D eigenvalue weighted by Gasteiger charge is -2.19. The van der Waals surface area contributed by atoms with E-state index in [-0.39, 0.29) is 29.7 Å². The molecule has 4 aromatic rings. The molecule has 1 amide bonds. The van der Waals surface area contributed by atoms with Gasteiger partial charge in [0, 0.05) is 12.3 Å². The van der Waals surface area contributed by atoms with Crippen LogP contribution in [0.4, 0.5) is 13.9 Å². The first kappa shape index (κ1) is 19.9. The number of aromatic nitrogens is 2. The second kappa shape index (κ2) is 8.54. The second-order valence-electron chi connectivity index (χ2n) is 6.63. The van der Waals surface area contributed by atoms with Crippen molar-refractivity contribution in [2.75, 3.05) is 11.5 Å². The van der Waals surface area contributed by atoms with E-state index in [2.05, 4.69) is 9.97 Å². The van der Waals surface area contributed by atoms with Crippen molar-refractivity contribution < 1.29 is 18.3 Å². The van der Waals surface area contributed by atoms with Crippen molar-refractivity contribution in [3.63, 3.8) is 0 Å². The van der Waals surface area contributed by atoms with E-state index in [1.807, 2.05) is 19.1 Å². The number of carbonyl (C=O) groups excluding carboxylic acids is 1. The molecule has 0 unspecified atom stereocenters. The van der Waals surface area contributed by atoms with Crippen LogP contribution in [0.2, 0.25) is 0 Å². The molecule has 30 heavy (non-hydrogen) atoms. The van der Waals surface area contributed by atoms with Gasteiger partial charge in [-0.3, -0.25) is 14.7 Å². The minimum atomic E-state index is -0.770. The number of thiazole rings is 1. The van der Waals surface area contributed by atoms with Gasteiger partial charge in [0.1, 0.15) is 17.1 Å². The number of anilines is 1. The van der Waals surface area contributed by atoms with Crippen LogP contribution in [0.1, 0.15) is 11.3 Å². The number of carbonyl (C=O) groups is 1. The molecule has 0 radical (unpaired) electrons. The van der Waals surface area contributed by atoms with E-state index >= 15 is 0 Å². The fourth-order valence-electron chi connectivity index (χ4n) is 2.83. The lowest BCUT2D eigenvalue weighted by molar-refractivity contribution is -0.120. The molecule has 0 aliphatic heterocycles. The fourth-order valence-corrected chi connectivity index (χ4v) is 3.86. The van der Waals surface area contributed by atoms with Crippen LogP contribution in [-0.4, -0.2) is 22.5 Å². The Labute approximate surface area is 175 Å². The summed E-state index contributed by atoms with van der Waals surface area (Å²) < 4.78 is 33.6. The first-order valence-electron chi connectivity index (χ1n) is 9.15. The summed E-state index contributed by atoms with van der Waals surface area (Å²) >= 11 is 1.04. The quantitative estimate of drug-likeness (QED) is 0.441. The molecule has 2 aromatic heterocycles. The van der Waals surface area contributed by atoms with Gasteiger partial charge in [-0.15, -0.1) is 0 Å². The highest BCUT2D eigenvalue weighted by Crippen LogP contribution is 2.32. The third kappa shape index (κ3) is 4.44. The Morgan fingerprint density at radius 2 is 1.93 bits per heavy atom. The largest absolute Gasteiger partial charge is 0.484 e. The zero-order chi connectivity index (χ0) is 21.1.